The van der Waals surface area contributed by atoms with Gasteiger partial charge in [-0.3, -0.25) is 4.79 Å². The number of amides is 1. The number of benzene rings is 3. The van der Waals surface area contributed by atoms with Gasteiger partial charge in [0, 0.05) is 5.69 Å². The second-order valence-corrected chi connectivity index (χ2v) is 6.61. The first-order valence-corrected chi connectivity index (χ1v) is 9.47. The van der Waals surface area contributed by atoms with E-state index < -0.39 is 17.5 Å². The van der Waals surface area contributed by atoms with Crippen molar-refractivity contribution in [1.82, 2.24) is 0 Å². The molecular formula is C24H23NO4. The van der Waals surface area contributed by atoms with Crippen molar-refractivity contribution in [2.75, 3.05) is 11.9 Å². The number of hydrogen-bond donors (Lipinski definition) is 2. The van der Waals surface area contributed by atoms with E-state index in [-0.39, 0.29) is 0 Å². The molecule has 1 amide bonds. The third kappa shape index (κ3) is 4.52. The molecule has 0 aliphatic carbocycles. The Hall–Kier alpha value is -3.44. The van der Waals surface area contributed by atoms with Crippen LogP contribution in [0.4, 0.5) is 5.69 Å². The van der Waals surface area contributed by atoms with E-state index in [1.165, 1.54) is 6.07 Å². The summed E-state index contributed by atoms with van der Waals surface area (Å²) >= 11 is 0. The van der Waals surface area contributed by atoms with Crippen molar-refractivity contribution in [3.63, 3.8) is 0 Å². The topological polar surface area (TPSA) is 75.6 Å². The van der Waals surface area contributed by atoms with E-state index in [1.54, 1.807) is 66.7 Å². The number of carbonyl (C=O) groups is 2. The van der Waals surface area contributed by atoms with Gasteiger partial charge in [-0.05, 0) is 35.7 Å². The van der Waals surface area contributed by atoms with E-state index in [1.807, 2.05) is 19.1 Å². The highest BCUT2D eigenvalue weighted by molar-refractivity contribution is 6.01. The van der Waals surface area contributed by atoms with Gasteiger partial charge in [-0.1, -0.05) is 73.7 Å². The molecule has 5 nitrogen and oxygen atoms in total. The maximum Gasteiger partial charge on any atom is 0.338 e. The molecule has 0 bridgehead atoms. The Morgan fingerprint density at radius 1 is 0.897 bits per heavy atom. The summed E-state index contributed by atoms with van der Waals surface area (Å²) in [5.74, 6) is -1.07. The predicted molar refractivity (Wildman–Crippen MR) is 112 cm³/mol. The van der Waals surface area contributed by atoms with Crippen LogP contribution in [0.2, 0.25) is 0 Å². The molecule has 2 N–H and O–H groups in total. The summed E-state index contributed by atoms with van der Waals surface area (Å²) in [6.07, 6.45) is 0.726. The molecule has 0 unspecified atom stereocenters. The van der Waals surface area contributed by atoms with Gasteiger partial charge >= 0.3 is 5.97 Å². The molecule has 5 heteroatoms. The molecular weight excluding hydrogens is 366 g/mol. The molecule has 0 spiro atoms. The Morgan fingerprint density at radius 3 is 2.03 bits per heavy atom. The Kier molecular flexibility index (Phi) is 6.42. The van der Waals surface area contributed by atoms with Gasteiger partial charge in [0.05, 0.1) is 12.2 Å². The highest BCUT2D eigenvalue weighted by Gasteiger charge is 2.39. The standard InChI is InChI=1S/C24H23NO4/c1-2-16-29-22(26)18-10-9-15-21(17-18)25-23(27)24(28,19-11-5-3-6-12-19)20-13-7-4-8-14-20/h3-15,17,28H,2,16H2,1H3,(H,25,27). The van der Waals surface area contributed by atoms with Crippen LogP contribution in [0.15, 0.2) is 84.9 Å². The first-order chi connectivity index (χ1) is 14.1. The summed E-state index contributed by atoms with van der Waals surface area (Å²) in [6.45, 7) is 2.25. The van der Waals surface area contributed by atoms with E-state index in [0.29, 0.717) is 29.0 Å². The number of ether oxygens (including phenoxy) is 1. The van der Waals surface area contributed by atoms with Crippen molar-refractivity contribution >= 4 is 17.6 Å². The van der Waals surface area contributed by atoms with Gasteiger partial charge in [-0.2, -0.15) is 0 Å². The Labute approximate surface area is 170 Å². The normalized spacial score (nSPS) is 11.0. The molecule has 0 aliphatic heterocycles. The molecule has 3 aromatic rings. The SMILES string of the molecule is CCCOC(=O)c1cccc(NC(=O)C(O)(c2ccccc2)c2ccccc2)c1. The number of esters is 1. The van der Waals surface area contributed by atoms with Crippen molar-refractivity contribution in [2.24, 2.45) is 0 Å². The lowest BCUT2D eigenvalue weighted by molar-refractivity contribution is -0.131. The van der Waals surface area contributed by atoms with E-state index in [0.717, 1.165) is 6.42 Å². The van der Waals surface area contributed by atoms with Crippen molar-refractivity contribution in [1.29, 1.82) is 0 Å². The lowest BCUT2D eigenvalue weighted by Gasteiger charge is -2.28. The maximum atomic E-state index is 13.2. The van der Waals surface area contributed by atoms with Crippen LogP contribution in [0.1, 0.15) is 34.8 Å². The minimum Gasteiger partial charge on any atom is -0.462 e. The van der Waals surface area contributed by atoms with Gasteiger partial charge in [0.2, 0.25) is 0 Å². The van der Waals surface area contributed by atoms with Gasteiger partial charge < -0.3 is 15.2 Å². The largest absolute Gasteiger partial charge is 0.462 e. The first kappa shape index (κ1) is 20.3. The second kappa shape index (κ2) is 9.17. The summed E-state index contributed by atoms with van der Waals surface area (Å²) in [6, 6.07) is 24.0. The highest BCUT2D eigenvalue weighted by atomic mass is 16.5. The van der Waals surface area contributed by atoms with Crippen LogP contribution in [0.25, 0.3) is 0 Å². The number of nitrogens with one attached hydrogen (secondary N) is 1. The second-order valence-electron chi connectivity index (χ2n) is 6.61. The zero-order valence-electron chi connectivity index (χ0n) is 16.2. The molecule has 0 aliphatic rings. The summed E-state index contributed by atoms with van der Waals surface area (Å²) < 4.78 is 5.14. The van der Waals surface area contributed by atoms with Crippen LogP contribution in [0.3, 0.4) is 0 Å². The van der Waals surface area contributed by atoms with Gasteiger partial charge in [-0.15, -0.1) is 0 Å². The lowest BCUT2D eigenvalue weighted by atomic mass is 9.85. The van der Waals surface area contributed by atoms with E-state index in [4.69, 9.17) is 4.74 Å². The summed E-state index contributed by atoms with van der Waals surface area (Å²) in [7, 11) is 0. The average Bonchev–Trinajstić information content (AvgIpc) is 2.78. The van der Waals surface area contributed by atoms with Gasteiger partial charge in [0.25, 0.3) is 5.91 Å². The fourth-order valence-electron chi connectivity index (χ4n) is 3.01. The molecule has 0 fully saturated rings. The smallest absolute Gasteiger partial charge is 0.338 e. The molecule has 0 atom stereocenters. The zero-order chi connectivity index (χ0) is 20.7. The van der Waals surface area contributed by atoms with Crippen molar-refractivity contribution < 1.29 is 19.4 Å². The third-order valence-corrected chi connectivity index (χ3v) is 4.51. The highest BCUT2D eigenvalue weighted by Crippen LogP contribution is 2.31. The lowest BCUT2D eigenvalue weighted by Crippen LogP contribution is -2.41. The quantitative estimate of drug-likeness (QED) is 0.596. The summed E-state index contributed by atoms with van der Waals surface area (Å²) in [4.78, 5) is 25.3. The summed E-state index contributed by atoms with van der Waals surface area (Å²) in [5.41, 5.74) is -0.267. The summed E-state index contributed by atoms with van der Waals surface area (Å²) in [5, 5.41) is 14.2. The van der Waals surface area contributed by atoms with E-state index in [9.17, 15) is 14.7 Å². The Morgan fingerprint density at radius 2 is 1.48 bits per heavy atom. The molecule has 148 valence electrons. The molecule has 0 heterocycles. The molecule has 29 heavy (non-hydrogen) atoms. The van der Waals surface area contributed by atoms with Crippen LogP contribution in [-0.4, -0.2) is 23.6 Å². The zero-order valence-corrected chi connectivity index (χ0v) is 16.2. The number of carbonyl (C=O) groups excluding carboxylic acids is 2. The van der Waals surface area contributed by atoms with Crippen LogP contribution in [0.5, 0.6) is 0 Å². The molecule has 3 rings (SSSR count). The van der Waals surface area contributed by atoms with Crippen molar-refractivity contribution in [3.05, 3.63) is 102 Å². The number of rotatable bonds is 7. The fraction of sp³-hybridized carbons (Fsp3) is 0.167. The van der Waals surface area contributed by atoms with Gasteiger partial charge in [-0.25, -0.2) is 4.79 Å². The minimum atomic E-state index is -1.89. The predicted octanol–water partition coefficient (Wildman–Crippen LogP) is 4.13. The molecule has 3 aromatic carbocycles. The number of aliphatic hydroxyl groups is 1. The van der Waals surface area contributed by atoms with Gasteiger partial charge in [0.1, 0.15) is 0 Å². The van der Waals surface area contributed by atoms with Gasteiger partial charge in [0.15, 0.2) is 5.60 Å². The minimum absolute atomic E-state index is 0.331. The maximum absolute atomic E-state index is 13.2. The Balaban J connectivity index is 1.92. The van der Waals surface area contributed by atoms with E-state index >= 15 is 0 Å². The first-order valence-electron chi connectivity index (χ1n) is 9.47. The van der Waals surface area contributed by atoms with Crippen LogP contribution < -0.4 is 5.32 Å². The molecule has 0 saturated heterocycles. The molecule has 0 saturated carbocycles. The van der Waals surface area contributed by atoms with Crippen LogP contribution in [-0.2, 0) is 15.1 Å². The number of anilines is 1. The van der Waals surface area contributed by atoms with Crippen LogP contribution >= 0.6 is 0 Å². The van der Waals surface area contributed by atoms with Crippen LogP contribution in [0, 0.1) is 0 Å². The monoisotopic (exact) mass is 389 g/mol. The Bertz CT molecular complexity index is 931. The number of hydrogen-bond acceptors (Lipinski definition) is 4. The van der Waals surface area contributed by atoms with Crippen molar-refractivity contribution in [3.8, 4) is 0 Å². The molecule has 0 aromatic heterocycles. The fourth-order valence-corrected chi connectivity index (χ4v) is 3.01. The van der Waals surface area contributed by atoms with Crippen molar-refractivity contribution in [2.45, 2.75) is 18.9 Å². The average molecular weight is 389 g/mol. The molecule has 0 radical (unpaired) electrons. The third-order valence-electron chi connectivity index (χ3n) is 4.51. The van der Waals surface area contributed by atoms with E-state index in [2.05, 4.69) is 5.32 Å².